The van der Waals surface area contributed by atoms with Crippen LogP contribution in [-0.4, -0.2) is 77.8 Å². The van der Waals surface area contributed by atoms with E-state index in [0.29, 0.717) is 12.6 Å². The van der Waals surface area contributed by atoms with E-state index in [0.717, 1.165) is 18.7 Å². The lowest BCUT2D eigenvalue weighted by Crippen LogP contribution is -2.51. The van der Waals surface area contributed by atoms with Crippen molar-refractivity contribution in [1.29, 1.82) is 0 Å². The molecule has 2 aliphatic rings. The van der Waals surface area contributed by atoms with Crippen molar-refractivity contribution in [3.63, 3.8) is 0 Å². The van der Waals surface area contributed by atoms with Crippen LogP contribution in [0.25, 0.3) is 0 Å². The monoisotopic (exact) mass is 369 g/mol. The van der Waals surface area contributed by atoms with Gasteiger partial charge in [0.2, 0.25) is 0 Å². The number of hydrogen-bond acceptors (Lipinski definition) is 5. The summed E-state index contributed by atoms with van der Waals surface area (Å²) in [6.45, 7) is 4.74. The summed E-state index contributed by atoms with van der Waals surface area (Å²) in [6, 6.07) is -0.000985. The molecule has 1 saturated carbocycles. The van der Waals surface area contributed by atoms with Gasteiger partial charge in [-0.1, -0.05) is 6.92 Å². The first-order valence-electron chi connectivity index (χ1n) is 8.87. The fourth-order valence-corrected chi connectivity index (χ4v) is 4.88. The number of urea groups is 1. The number of carbonyl (C=O) groups excluding carboxylic acids is 1. The van der Waals surface area contributed by atoms with Crippen LogP contribution in [0.5, 0.6) is 0 Å². The van der Waals surface area contributed by atoms with Gasteiger partial charge >= 0.3 is 6.03 Å². The lowest BCUT2D eigenvalue weighted by molar-refractivity contribution is 0.178. The Kier molecular flexibility index (Phi) is 5.33. The third-order valence-electron chi connectivity index (χ3n) is 4.95. The van der Waals surface area contributed by atoms with Gasteiger partial charge in [-0.15, -0.1) is 0 Å². The maximum Gasteiger partial charge on any atom is 0.318 e. The number of hydrogen-bond donors (Lipinski definition) is 1. The average Bonchev–Trinajstić information content (AvgIpc) is 3.31. The second-order valence-electron chi connectivity index (χ2n) is 6.86. The second kappa shape index (κ2) is 7.33. The normalized spacial score (nSPS) is 23.0. The van der Waals surface area contributed by atoms with Crippen LogP contribution >= 0.6 is 0 Å². The van der Waals surface area contributed by atoms with Gasteiger partial charge in [-0.25, -0.2) is 13.2 Å². The Morgan fingerprint density at radius 2 is 2.20 bits per heavy atom. The highest BCUT2D eigenvalue weighted by Gasteiger charge is 2.36. The first-order chi connectivity index (χ1) is 11.9. The van der Waals surface area contributed by atoms with Crippen LogP contribution in [0.2, 0.25) is 0 Å². The quantitative estimate of drug-likeness (QED) is 0.784. The minimum atomic E-state index is -3.15. The molecular weight excluding hydrogens is 342 g/mol. The zero-order valence-electron chi connectivity index (χ0n) is 14.9. The predicted octanol–water partition coefficient (Wildman–Crippen LogP) is 0.386. The van der Waals surface area contributed by atoms with Crippen LogP contribution in [0.4, 0.5) is 4.79 Å². The number of nitrogens with one attached hydrogen (secondary N) is 1. The van der Waals surface area contributed by atoms with Gasteiger partial charge in [-0.2, -0.15) is 5.10 Å². The van der Waals surface area contributed by atoms with Gasteiger partial charge in [-0.05, 0) is 19.4 Å². The molecule has 1 aliphatic heterocycles. The first-order valence-corrected chi connectivity index (χ1v) is 10.7. The number of rotatable bonds is 6. The highest BCUT2D eigenvalue weighted by atomic mass is 32.2. The standard InChI is InChI=1S/C16H27N5O3S/c1-3-20(14-4-5-14)7-6-17-16(22)21-8-9-25(23,24)12-15(21)13-10-18-19(2)11-13/h10-11,14-15H,3-9,12H2,1-2H3,(H,17,22). The van der Waals surface area contributed by atoms with Crippen molar-refractivity contribution in [1.82, 2.24) is 24.9 Å². The number of sulfone groups is 1. The lowest BCUT2D eigenvalue weighted by atomic mass is 10.1. The van der Waals surface area contributed by atoms with Crippen molar-refractivity contribution >= 4 is 15.9 Å². The molecule has 25 heavy (non-hydrogen) atoms. The maximum atomic E-state index is 12.6. The van der Waals surface area contributed by atoms with Crippen LogP contribution in [0.1, 0.15) is 31.4 Å². The molecule has 140 valence electrons. The zero-order chi connectivity index (χ0) is 18.0. The number of carbonyl (C=O) groups is 1. The summed E-state index contributed by atoms with van der Waals surface area (Å²) in [7, 11) is -1.36. The number of amides is 2. The van der Waals surface area contributed by atoms with Gasteiger partial charge < -0.3 is 10.2 Å². The Labute approximate surface area is 149 Å². The van der Waals surface area contributed by atoms with E-state index < -0.39 is 15.9 Å². The molecular formula is C16H27N5O3S. The predicted molar refractivity (Wildman–Crippen MR) is 95.0 cm³/mol. The molecule has 8 nitrogen and oxygen atoms in total. The van der Waals surface area contributed by atoms with Gasteiger partial charge in [-0.3, -0.25) is 9.58 Å². The summed E-state index contributed by atoms with van der Waals surface area (Å²) >= 11 is 0. The number of aryl methyl sites for hydroxylation is 1. The Morgan fingerprint density at radius 1 is 1.44 bits per heavy atom. The van der Waals surface area contributed by atoms with E-state index in [-0.39, 0.29) is 24.1 Å². The highest BCUT2D eigenvalue weighted by molar-refractivity contribution is 7.91. The summed E-state index contributed by atoms with van der Waals surface area (Å²) in [6.07, 6.45) is 5.90. The van der Waals surface area contributed by atoms with Crippen LogP contribution in [0.3, 0.4) is 0 Å². The van der Waals surface area contributed by atoms with Gasteiger partial charge in [0.15, 0.2) is 9.84 Å². The summed E-state index contributed by atoms with van der Waals surface area (Å²) < 4.78 is 25.7. The first kappa shape index (κ1) is 18.2. The molecule has 1 N–H and O–H groups in total. The van der Waals surface area contributed by atoms with E-state index in [9.17, 15) is 13.2 Å². The minimum Gasteiger partial charge on any atom is -0.337 e. The molecule has 1 saturated heterocycles. The Balaban J connectivity index is 1.62. The largest absolute Gasteiger partial charge is 0.337 e. The Morgan fingerprint density at radius 3 is 2.80 bits per heavy atom. The van der Waals surface area contributed by atoms with E-state index in [2.05, 4.69) is 22.2 Å². The molecule has 0 bridgehead atoms. The fourth-order valence-electron chi connectivity index (χ4n) is 3.39. The molecule has 2 fully saturated rings. The fraction of sp³-hybridized carbons (Fsp3) is 0.750. The molecule has 9 heteroatoms. The lowest BCUT2D eigenvalue weighted by Gasteiger charge is -2.35. The molecule has 0 aromatic carbocycles. The van der Waals surface area contributed by atoms with Gasteiger partial charge in [0.25, 0.3) is 0 Å². The van der Waals surface area contributed by atoms with E-state index in [1.54, 1.807) is 29.0 Å². The minimum absolute atomic E-state index is 0.0142. The van der Waals surface area contributed by atoms with Crippen molar-refractivity contribution in [3.05, 3.63) is 18.0 Å². The molecule has 3 rings (SSSR count). The summed E-state index contributed by atoms with van der Waals surface area (Å²) in [5.74, 6) is -0.0321. The molecule has 2 amide bonds. The van der Waals surface area contributed by atoms with E-state index in [1.807, 2.05) is 0 Å². The summed E-state index contributed by atoms with van der Waals surface area (Å²) in [4.78, 5) is 16.6. The Bertz CT molecular complexity index is 713. The van der Waals surface area contributed by atoms with Crippen molar-refractivity contribution in [2.24, 2.45) is 7.05 Å². The van der Waals surface area contributed by atoms with E-state index >= 15 is 0 Å². The molecule has 1 unspecified atom stereocenters. The molecule has 2 heterocycles. The van der Waals surface area contributed by atoms with Crippen molar-refractivity contribution in [2.45, 2.75) is 31.8 Å². The molecule has 0 radical (unpaired) electrons. The van der Waals surface area contributed by atoms with E-state index in [1.165, 1.54) is 12.8 Å². The van der Waals surface area contributed by atoms with Gasteiger partial charge in [0.1, 0.15) is 0 Å². The molecule has 0 spiro atoms. The highest BCUT2D eigenvalue weighted by Crippen LogP contribution is 2.27. The average molecular weight is 369 g/mol. The van der Waals surface area contributed by atoms with Crippen molar-refractivity contribution in [3.8, 4) is 0 Å². The van der Waals surface area contributed by atoms with Gasteiger partial charge in [0.05, 0.1) is 23.7 Å². The van der Waals surface area contributed by atoms with Gasteiger partial charge in [0, 0.05) is 44.5 Å². The molecule has 1 aliphatic carbocycles. The third-order valence-corrected chi connectivity index (χ3v) is 6.57. The van der Waals surface area contributed by atoms with Crippen molar-refractivity contribution < 1.29 is 13.2 Å². The Hall–Kier alpha value is -1.61. The topological polar surface area (TPSA) is 87.5 Å². The van der Waals surface area contributed by atoms with Crippen molar-refractivity contribution in [2.75, 3.05) is 37.7 Å². The van der Waals surface area contributed by atoms with E-state index in [4.69, 9.17) is 0 Å². The van der Waals surface area contributed by atoms with Crippen LogP contribution in [-0.2, 0) is 16.9 Å². The smallest absolute Gasteiger partial charge is 0.318 e. The van der Waals surface area contributed by atoms with Crippen LogP contribution in [0, 0.1) is 0 Å². The third kappa shape index (κ3) is 4.52. The SMILES string of the molecule is CCN(CCNC(=O)N1CCS(=O)(=O)CC1c1cnn(C)c1)C1CC1. The number of likely N-dealkylation sites (N-methyl/N-ethyl adjacent to an activating group) is 1. The summed E-state index contributed by atoms with van der Waals surface area (Å²) in [5.41, 5.74) is 0.758. The summed E-state index contributed by atoms with van der Waals surface area (Å²) in [5, 5.41) is 7.07. The molecule has 1 atom stereocenters. The van der Waals surface area contributed by atoms with Crippen LogP contribution in [0.15, 0.2) is 12.4 Å². The van der Waals surface area contributed by atoms with Crippen LogP contribution < -0.4 is 5.32 Å². The molecule has 1 aromatic heterocycles. The maximum absolute atomic E-state index is 12.6. The molecule has 1 aromatic rings. The number of aromatic nitrogens is 2. The zero-order valence-corrected chi connectivity index (χ0v) is 15.7. The second-order valence-corrected chi connectivity index (χ2v) is 9.09. The number of nitrogens with zero attached hydrogens (tertiary/aromatic N) is 4.